The molecular formula is C15H23N3O4. The number of hydrogen-bond acceptors (Lipinski definition) is 4. The summed E-state index contributed by atoms with van der Waals surface area (Å²) in [6.45, 7) is 0.148. The van der Waals surface area contributed by atoms with Crippen molar-refractivity contribution in [2.24, 2.45) is 11.8 Å². The van der Waals surface area contributed by atoms with Gasteiger partial charge in [0.2, 0.25) is 11.8 Å². The van der Waals surface area contributed by atoms with Gasteiger partial charge in [0.15, 0.2) is 0 Å². The molecule has 0 bridgehead atoms. The molecule has 7 heteroatoms. The van der Waals surface area contributed by atoms with Crippen LogP contribution < -0.4 is 10.6 Å². The molecule has 1 atom stereocenters. The molecule has 1 aliphatic carbocycles. The highest BCUT2D eigenvalue weighted by Gasteiger charge is 2.29. The Morgan fingerprint density at radius 3 is 2.41 bits per heavy atom. The van der Waals surface area contributed by atoms with Gasteiger partial charge in [-0.05, 0) is 18.8 Å². The number of nitrogens with one attached hydrogen (secondary N) is 2. The van der Waals surface area contributed by atoms with E-state index in [0.717, 1.165) is 32.1 Å². The van der Waals surface area contributed by atoms with Gasteiger partial charge in [0.05, 0.1) is 18.4 Å². The van der Waals surface area contributed by atoms with Crippen molar-refractivity contribution in [3.05, 3.63) is 0 Å². The Kier molecular flexibility index (Phi) is 7.97. The molecule has 0 aromatic rings. The normalized spacial score (nSPS) is 16.3. The molecule has 0 saturated heterocycles. The van der Waals surface area contributed by atoms with Gasteiger partial charge in [-0.1, -0.05) is 19.3 Å². The lowest BCUT2D eigenvalue weighted by molar-refractivity contribution is -0.139. The molecule has 22 heavy (non-hydrogen) atoms. The van der Waals surface area contributed by atoms with E-state index in [2.05, 4.69) is 10.6 Å². The zero-order valence-corrected chi connectivity index (χ0v) is 12.6. The number of nitrogens with zero attached hydrogens (tertiary/aromatic N) is 1. The maximum Gasteiger partial charge on any atom is 0.303 e. The number of carbonyl (C=O) groups is 3. The van der Waals surface area contributed by atoms with E-state index >= 15 is 0 Å². The smallest absolute Gasteiger partial charge is 0.303 e. The fourth-order valence-corrected chi connectivity index (χ4v) is 2.80. The predicted octanol–water partition coefficient (Wildman–Crippen LogP) is 0.804. The van der Waals surface area contributed by atoms with E-state index in [9.17, 15) is 14.4 Å². The number of carbonyl (C=O) groups excluding carboxylic acids is 2. The van der Waals surface area contributed by atoms with Crippen LogP contribution in [-0.2, 0) is 14.4 Å². The summed E-state index contributed by atoms with van der Waals surface area (Å²) in [5.41, 5.74) is 0. The quantitative estimate of drug-likeness (QED) is 0.573. The highest BCUT2D eigenvalue weighted by Crippen LogP contribution is 2.30. The molecule has 1 rings (SSSR count). The Bertz CT molecular complexity index is 439. The monoisotopic (exact) mass is 309 g/mol. The van der Waals surface area contributed by atoms with Crippen molar-refractivity contribution in [2.45, 2.75) is 44.9 Å². The Morgan fingerprint density at radius 2 is 1.82 bits per heavy atom. The molecular weight excluding hydrogens is 286 g/mol. The number of nitriles is 1. The van der Waals surface area contributed by atoms with Crippen molar-refractivity contribution in [1.82, 2.24) is 10.6 Å². The maximum atomic E-state index is 12.2. The van der Waals surface area contributed by atoms with Crippen LogP contribution in [0.5, 0.6) is 0 Å². The average Bonchev–Trinajstić information content (AvgIpc) is 2.52. The summed E-state index contributed by atoms with van der Waals surface area (Å²) < 4.78 is 0. The number of amides is 2. The molecule has 122 valence electrons. The third kappa shape index (κ3) is 6.57. The maximum absolute atomic E-state index is 12.2. The Balaban J connectivity index is 2.53. The van der Waals surface area contributed by atoms with Gasteiger partial charge in [-0.25, -0.2) is 0 Å². The zero-order chi connectivity index (χ0) is 16.4. The second-order valence-corrected chi connectivity index (χ2v) is 5.58. The van der Waals surface area contributed by atoms with Crippen LogP contribution in [0.2, 0.25) is 0 Å². The summed E-state index contributed by atoms with van der Waals surface area (Å²) in [6, 6.07) is 1.87. The van der Waals surface area contributed by atoms with Crippen LogP contribution in [0.15, 0.2) is 0 Å². The third-order valence-electron chi connectivity index (χ3n) is 3.98. The molecule has 0 aromatic heterocycles. The molecule has 0 aliphatic heterocycles. The molecule has 0 spiro atoms. The van der Waals surface area contributed by atoms with Crippen molar-refractivity contribution < 1.29 is 19.5 Å². The number of rotatable bonds is 8. The van der Waals surface area contributed by atoms with E-state index in [4.69, 9.17) is 10.4 Å². The first kappa shape index (κ1) is 18.0. The van der Waals surface area contributed by atoms with Crippen molar-refractivity contribution in [3.8, 4) is 6.07 Å². The molecule has 0 heterocycles. The van der Waals surface area contributed by atoms with E-state index in [-0.39, 0.29) is 49.6 Å². The predicted molar refractivity (Wildman–Crippen MR) is 78.6 cm³/mol. The number of hydrogen-bond donors (Lipinski definition) is 3. The lowest BCUT2D eigenvalue weighted by Gasteiger charge is -2.29. The zero-order valence-electron chi connectivity index (χ0n) is 12.6. The molecule has 0 radical (unpaired) electrons. The fourth-order valence-electron chi connectivity index (χ4n) is 2.80. The van der Waals surface area contributed by atoms with Crippen LogP contribution in [0.25, 0.3) is 0 Å². The van der Waals surface area contributed by atoms with Crippen molar-refractivity contribution in [3.63, 3.8) is 0 Å². The SMILES string of the molecule is N#CCNC(=O)C(CNC(=O)CCC(=O)O)C1CCCCC1. The standard InChI is InChI=1S/C15H23N3O4/c16-8-9-17-15(22)12(11-4-2-1-3-5-11)10-18-13(19)6-7-14(20)21/h11-12H,1-7,9-10H2,(H,17,22)(H,18,19)(H,20,21). The van der Waals surface area contributed by atoms with Crippen LogP contribution in [-0.4, -0.2) is 36.0 Å². The van der Waals surface area contributed by atoms with Gasteiger partial charge < -0.3 is 15.7 Å². The van der Waals surface area contributed by atoms with Crippen LogP contribution >= 0.6 is 0 Å². The van der Waals surface area contributed by atoms with Gasteiger partial charge in [-0.2, -0.15) is 5.26 Å². The molecule has 1 saturated carbocycles. The minimum Gasteiger partial charge on any atom is -0.481 e. The van der Waals surface area contributed by atoms with Gasteiger partial charge in [0, 0.05) is 13.0 Å². The highest BCUT2D eigenvalue weighted by molar-refractivity contribution is 5.82. The van der Waals surface area contributed by atoms with Crippen molar-refractivity contribution in [2.75, 3.05) is 13.1 Å². The Morgan fingerprint density at radius 1 is 1.14 bits per heavy atom. The molecule has 3 N–H and O–H groups in total. The van der Waals surface area contributed by atoms with Crippen molar-refractivity contribution in [1.29, 1.82) is 5.26 Å². The summed E-state index contributed by atoms with van der Waals surface area (Å²) in [5.74, 6) is -1.76. The van der Waals surface area contributed by atoms with E-state index in [1.54, 1.807) is 0 Å². The van der Waals surface area contributed by atoms with E-state index < -0.39 is 5.97 Å². The highest BCUT2D eigenvalue weighted by atomic mass is 16.4. The van der Waals surface area contributed by atoms with Crippen LogP contribution in [0.3, 0.4) is 0 Å². The fraction of sp³-hybridized carbons (Fsp3) is 0.733. The Labute approximate surface area is 130 Å². The summed E-state index contributed by atoms with van der Waals surface area (Å²) >= 11 is 0. The molecule has 1 aliphatic rings. The van der Waals surface area contributed by atoms with Gasteiger partial charge in [0.25, 0.3) is 0 Å². The van der Waals surface area contributed by atoms with Gasteiger partial charge in [-0.3, -0.25) is 14.4 Å². The molecule has 1 fully saturated rings. The lowest BCUT2D eigenvalue weighted by atomic mass is 9.79. The summed E-state index contributed by atoms with van der Waals surface area (Å²) in [6.07, 6.45) is 4.87. The van der Waals surface area contributed by atoms with E-state index in [0.29, 0.717) is 0 Å². The summed E-state index contributed by atoms with van der Waals surface area (Å²) in [4.78, 5) is 34.2. The average molecular weight is 309 g/mol. The third-order valence-corrected chi connectivity index (χ3v) is 3.98. The molecule has 1 unspecified atom stereocenters. The summed E-state index contributed by atoms with van der Waals surface area (Å²) in [5, 5.41) is 22.3. The first-order valence-corrected chi connectivity index (χ1v) is 7.67. The topological polar surface area (TPSA) is 119 Å². The van der Waals surface area contributed by atoms with Crippen molar-refractivity contribution >= 4 is 17.8 Å². The minimum absolute atomic E-state index is 0.0466. The van der Waals surface area contributed by atoms with Crippen LogP contribution in [0.4, 0.5) is 0 Å². The molecule has 7 nitrogen and oxygen atoms in total. The van der Waals surface area contributed by atoms with E-state index in [1.165, 1.54) is 0 Å². The second kappa shape index (κ2) is 9.77. The van der Waals surface area contributed by atoms with E-state index in [1.807, 2.05) is 6.07 Å². The summed E-state index contributed by atoms with van der Waals surface area (Å²) in [7, 11) is 0. The first-order chi connectivity index (χ1) is 10.5. The van der Waals surface area contributed by atoms with Crippen LogP contribution in [0, 0.1) is 23.2 Å². The lowest BCUT2D eigenvalue weighted by Crippen LogP contribution is -2.43. The number of carboxylic acids is 1. The minimum atomic E-state index is -1.02. The van der Waals surface area contributed by atoms with Gasteiger partial charge >= 0.3 is 5.97 Å². The molecule has 0 aromatic carbocycles. The molecule has 2 amide bonds. The van der Waals surface area contributed by atoms with Gasteiger partial charge in [0.1, 0.15) is 6.54 Å². The number of aliphatic carboxylic acids is 1. The first-order valence-electron chi connectivity index (χ1n) is 7.67. The second-order valence-electron chi connectivity index (χ2n) is 5.58. The van der Waals surface area contributed by atoms with Crippen LogP contribution in [0.1, 0.15) is 44.9 Å². The van der Waals surface area contributed by atoms with Gasteiger partial charge in [-0.15, -0.1) is 0 Å². The Hall–Kier alpha value is -2.10. The largest absolute Gasteiger partial charge is 0.481 e. The number of carboxylic acid groups (broad SMARTS) is 1.